The van der Waals surface area contributed by atoms with Gasteiger partial charge in [-0.05, 0) is 25.1 Å². The molecular weight excluding hydrogens is 326 g/mol. The molecule has 0 aromatic heterocycles. The summed E-state index contributed by atoms with van der Waals surface area (Å²) in [5, 5.41) is 22.3. The topological polar surface area (TPSA) is 114 Å². The minimum absolute atomic E-state index is 0.0889. The van der Waals surface area contributed by atoms with Crippen LogP contribution in [0.5, 0.6) is 11.5 Å². The number of para-hydroxylation sites is 2. The highest BCUT2D eigenvalue weighted by Crippen LogP contribution is 2.28. The van der Waals surface area contributed by atoms with Gasteiger partial charge < -0.3 is 14.8 Å². The molecule has 0 aliphatic rings. The van der Waals surface area contributed by atoms with Crippen molar-refractivity contribution in [3.05, 3.63) is 58.1 Å². The second-order valence-corrected chi connectivity index (χ2v) is 4.82. The third-order valence-electron chi connectivity index (χ3n) is 3.11. The van der Waals surface area contributed by atoms with Gasteiger partial charge in [0.1, 0.15) is 5.69 Å². The van der Waals surface area contributed by atoms with E-state index in [1.54, 1.807) is 13.0 Å². The molecule has 2 aromatic carbocycles. The van der Waals surface area contributed by atoms with E-state index in [0.29, 0.717) is 23.7 Å². The van der Waals surface area contributed by atoms with Gasteiger partial charge in [0.05, 0.1) is 23.2 Å². The Morgan fingerprint density at radius 3 is 2.68 bits per heavy atom. The molecule has 0 radical (unpaired) electrons. The lowest BCUT2D eigenvalue weighted by molar-refractivity contribution is -0.383. The SMILES string of the molecule is CCOc1cc(C#N)ccc1OCC(=O)Nc1ccccc1[N+](=O)[O-]. The molecule has 1 amide bonds. The number of hydrogen-bond acceptors (Lipinski definition) is 6. The standard InChI is InChI=1S/C17H15N3O5/c1-2-24-16-9-12(10-18)7-8-15(16)25-11-17(21)19-13-5-3-4-6-14(13)20(22)23/h3-9H,2,11H2,1H3,(H,19,21). The molecule has 0 aliphatic carbocycles. The third-order valence-corrected chi connectivity index (χ3v) is 3.11. The molecule has 0 fully saturated rings. The fourth-order valence-corrected chi connectivity index (χ4v) is 2.03. The Morgan fingerprint density at radius 1 is 1.24 bits per heavy atom. The largest absolute Gasteiger partial charge is 0.490 e. The average molecular weight is 341 g/mol. The number of nitrogens with one attached hydrogen (secondary N) is 1. The predicted molar refractivity (Wildman–Crippen MR) is 89.5 cm³/mol. The van der Waals surface area contributed by atoms with Crippen molar-refractivity contribution in [2.75, 3.05) is 18.5 Å². The van der Waals surface area contributed by atoms with Crippen molar-refractivity contribution in [3.63, 3.8) is 0 Å². The third kappa shape index (κ3) is 4.68. The minimum atomic E-state index is -0.579. The molecule has 0 bridgehead atoms. The first-order valence-electron chi connectivity index (χ1n) is 7.38. The van der Waals surface area contributed by atoms with Crippen LogP contribution in [0.15, 0.2) is 42.5 Å². The maximum atomic E-state index is 12.0. The van der Waals surface area contributed by atoms with Gasteiger partial charge in [-0.1, -0.05) is 12.1 Å². The van der Waals surface area contributed by atoms with Crippen LogP contribution in [0.25, 0.3) is 0 Å². The summed E-state index contributed by atoms with van der Waals surface area (Å²) in [6, 6.07) is 12.4. The van der Waals surface area contributed by atoms with Gasteiger partial charge in [-0.15, -0.1) is 0 Å². The summed E-state index contributed by atoms with van der Waals surface area (Å²) in [4.78, 5) is 22.4. The molecule has 0 saturated heterocycles. The molecule has 0 unspecified atom stereocenters. The number of nitriles is 1. The van der Waals surface area contributed by atoms with Gasteiger partial charge in [-0.25, -0.2) is 0 Å². The molecule has 1 N–H and O–H groups in total. The predicted octanol–water partition coefficient (Wildman–Crippen LogP) is 2.88. The fourth-order valence-electron chi connectivity index (χ4n) is 2.03. The Balaban J connectivity index is 2.06. The van der Waals surface area contributed by atoms with Crippen LogP contribution in [0.2, 0.25) is 0 Å². The van der Waals surface area contributed by atoms with Gasteiger partial charge in [0.15, 0.2) is 18.1 Å². The molecule has 0 aliphatic heterocycles. The number of nitro groups is 1. The zero-order valence-corrected chi connectivity index (χ0v) is 13.4. The molecule has 0 atom stereocenters. The molecule has 2 aromatic rings. The molecule has 2 rings (SSSR count). The summed E-state index contributed by atoms with van der Waals surface area (Å²) in [6.07, 6.45) is 0. The molecule has 8 heteroatoms. The summed E-state index contributed by atoms with van der Waals surface area (Å²) < 4.78 is 10.8. The van der Waals surface area contributed by atoms with Gasteiger partial charge in [0, 0.05) is 12.1 Å². The maximum Gasteiger partial charge on any atom is 0.292 e. The first-order chi connectivity index (χ1) is 12.0. The number of benzene rings is 2. The van der Waals surface area contributed by atoms with Crippen LogP contribution in [-0.2, 0) is 4.79 Å². The zero-order chi connectivity index (χ0) is 18.2. The number of anilines is 1. The van der Waals surface area contributed by atoms with E-state index < -0.39 is 10.8 Å². The molecule has 0 heterocycles. The van der Waals surface area contributed by atoms with Crippen LogP contribution >= 0.6 is 0 Å². The fraction of sp³-hybridized carbons (Fsp3) is 0.176. The molecule has 0 spiro atoms. The summed E-state index contributed by atoms with van der Waals surface area (Å²) in [7, 11) is 0. The van der Waals surface area contributed by atoms with E-state index in [9.17, 15) is 14.9 Å². The van der Waals surface area contributed by atoms with Crippen molar-refractivity contribution < 1.29 is 19.2 Å². The summed E-state index contributed by atoms with van der Waals surface area (Å²) >= 11 is 0. The molecule has 128 valence electrons. The van der Waals surface area contributed by atoms with Crippen molar-refractivity contribution in [1.82, 2.24) is 0 Å². The van der Waals surface area contributed by atoms with E-state index in [1.165, 1.54) is 36.4 Å². The number of carbonyl (C=O) groups is 1. The monoisotopic (exact) mass is 341 g/mol. The van der Waals surface area contributed by atoms with Gasteiger partial charge in [0.2, 0.25) is 0 Å². The van der Waals surface area contributed by atoms with Crippen molar-refractivity contribution in [2.24, 2.45) is 0 Å². The highest BCUT2D eigenvalue weighted by Gasteiger charge is 2.15. The Kier molecular flexibility index (Phi) is 5.90. The van der Waals surface area contributed by atoms with E-state index in [4.69, 9.17) is 14.7 Å². The normalized spacial score (nSPS) is 9.76. The molecular formula is C17H15N3O5. The van der Waals surface area contributed by atoms with Crippen LogP contribution in [0.1, 0.15) is 12.5 Å². The number of hydrogen-bond donors (Lipinski definition) is 1. The number of ether oxygens (including phenoxy) is 2. The number of rotatable bonds is 7. The second kappa shape index (κ2) is 8.31. The summed E-state index contributed by atoms with van der Waals surface area (Å²) in [5.41, 5.74) is 0.287. The minimum Gasteiger partial charge on any atom is -0.490 e. The first kappa shape index (κ1) is 17.7. The van der Waals surface area contributed by atoms with Crippen molar-refractivity contribution in [1.29, 1.82) is 5.26 Å². The zero-order valence-electron chi connectivity index (χ0n) is 13.4. The van der Waals surface area contributed by atoms with Gasteiger partial charge in [-0.2, -0.15) is 5.26 Å². The Hall–Kier alpha value is -3.60. The first-order valence-corrected chi connectivity index (χ1v) is 7.38. The quantitative estimate of drug-likeness (QED) is 0.611. The lowest BCUT2D eigenvalue weighted by Gasteiger charge is -2.12. The highest BCUT2D eigenvalue weighted by molar-refractivity contribution is 5.94. The smallest absolute Gasteiger partial charge is 0.292 e. The Labute approximate surface area is 143 Å². The summed E-state index contributed by atoms with van der Waals surface area (Å²) in [6.45, 7) is 1.79. The number of nitro benzene ring substituents is 1. The van der Waals surface area contributed by atoms with Crippen molar-refractivity contribution in [2.45, 2.75) is 6.92 Å². The number of nitrogens with zero attached hydrogens (tertiary/aromatic N) is 2. The van der Waals surface area contributed by atoms with E-state index in [0.717, 1.165) is 0 Å². The molecule has 0 saturated carbocycles. The van der Waals surface area contributed by atoms with Gasteiger partial charge in [-0.3, -0.25) is 14.9 Å². The lowest BCUT2D eigenvalue weighted by atomic mass is 10.2. The van der Waals surface area contributed by atoms with Gasteiger partial charge >= 0.3 is 0 Å². The summed E-state index contributed by atoms with van der Waals surface area (Å²) in [5.74, 6) is 0.0970. The number of amides is 1. The van der Waals surface area contributed by atoms with Crippen LogP contribution in [0, 0.1) is 21.4 Å². The van der Waals surface area contributed by atoms with E-state index >= 15 is 0 Å². The maximum absolute atomic E-state index is 12.0. The van der Waals surface area contributed by atoms with Crippen LogP contribution < -0.4 is 14.8 Å². The average Bonchev–Trinajstić information content (AvgIpc) is 2.61. The van der Waals surface area contributed by atoms with E-state index in [1.807, 2.05) is 6.07 Å². The van der Waals surface area contributed by atoms with E-state index in [-0.39, 0.29) is 18.0 Å². The van der Waals surface area contributed by atoms with Crippen LogP contribution in [0.4, 0.5) is 11.4 Å². The second-order valence-electron chi connectivity index (χ2n) is 4.82. The van der Waals surface area contributed by atoms with Gasteiger partial charge in [0.25, 0.3) is 11.6 Å². The van der Waals surface area contributed by atoms with Crippen LogP contribution in [0.3, 0.4) is 0 Å². The molecule has 25 heavy (non-hydrogen) atoms. The van der Waals surface area contributed by atoms with Crippen molar-refractivity contribution >= 4 is 17.3 Å². The van der Waals surface area contributed by atoms with Crippen molar-refractivity contribution in [3.8, 4) is 17.6 Å². The van der Waals surface area contributed by atoms with Crippen LogP contribution in [-0.4, -0.2) is 24.0 Å². The Bertz CT molecular complexity index is 829. The lowest BCUT2D eigenvalue weighted by Crippen LogP contribution is -2.21. The molecule has 8 nitrogen and oxygen atoms in total. The van der Waals surface area contributed by atoms with E-state index in [2.05, 4.69) is 5.32 Å². The number of carbonyl (C=O) groups excluding carboxylic acids is 1. The Morgan fingerprint density at radius 2 is 2.00 bits per heavy atom. The highest BCUT2D eigenvalue weighted by atomic mass is 16.6.